The number of carbonyl (C=O) groups is 1. The van der Waals surface area contributed by atoms with Crippen molar-refractivity contribution >= 4 is 5.97 Å². The van der Waals surface area contributed by atoms with Gasteiger partial charge in [-0.1, -0.05) is 0 Å². The first-order chi connectivity index (χ1) is 11.9. The van der Waals surface area contributed by atoms with E-state index in [2.05, 4.69) is 0 Å². The number of phenols is 2. The van der Waals surface area contributed by atoms with Crippen LogP contribution < -0.4 is 19.9 Å². The molecule has 0 amide bonds. The minimum atomic E-state index is -1.18. The van der Waals surface area contributed by atoms with E-state index in [0.29, 0.717) is 17.1 Å². The lowest BCUT2D eigenvalue weighted by atomic mass is 9.86. The van der Waals surface area contributed by atoms with Crippen LogP contribution >= 0.6 is 0 Å². The van der Waals surface area contributed by atoms with E-state index >= 15 is 0 Å². The number of quaternary nitrogens is 1. The molecular weight excluding hydrogens is 326 g/mol. The highest BCUT2D eigenvalue weighted by Gasteiger charge is 2.33. The first-order valence-electron chi connectivity index (χ1n) is 7.77. The van der Waals surface area contributed by atoms with Crippen LogP contribution in [0.5, 0.6) is 23.0 Å². The molecule has 7 nitrogen and oxygen atoms in total. The number of phenolic OH excluding ortho intramolecular Hbond substituents is 2. The number of carboxylic acids is 1. The molecule has 132 valence electrons. The fourth-order valence-corrected chi connectivity index (χ4v) is 3.24. The van der Waals surface area contributed by atoms with Crippen LogP contribution in [-0.4, -0.2) is 36.4 Å². The lowest BCUT2D eigenvalue weighted by molar-refractivity contribution is -0.716. The maximum Gasteiger partial charge on any atom is 0.161 e. The number of rotatable bonds is 4. The predicted molar refractivity (Wildman–Crippen MR) is 85.6 cm³/mol. The average molecular weight is 345 g/mol. The summed E-state index contributed by atoms with van der Waals surface area (Å²) < 4.78 is 10.5. The second-order valence-electron chi connectivity index (χ2n) is 5.95. The van der Waals surface area contributed by atoms with Crippen LogP contribution in [0.4, 0.5) is 0 Å². The third-order valence-corrected chi connectivity index (χ3v) is 4.51. The van der Waals surface area contributed by atoms with E-state index in [0.717, 1.165) is 11.1 Å². The summed E-state index contributed by atoms with van der Waals surface area (Å²) in [7, 11) is 3.06. The topological polar surface area (TPSA) is 116 Å². The second kappa shape index (κ2) is 6.52. The Morgan fingerprint density at radius 3 is 2.44 bits per heavy atom. The number of aromatic hydroxyl groups is 2. The molecule has 2 atom stereocenters. The van der Waals surface area contributed by atoms with Crippen LogP contribution in [0.1, 0.15) is 22.7 Å². The maximum absolute atomic E-state index is 11.4. The molecule has 7 heteroatoms. The minimum absolute atomic E-state index is 0.204. The number of fused-ring (bicyclic) bond motifs is 1. The molecule has 0 fully saturated rings. The zero-order valence-corrected chi connectivity index (χ0v) is 13.9. The van der Waals surface area contributed by atoms with Crippen molar-refractivity contribution in [2.75, 3.05) is 14.2 Å². The van der Waals surface area contributed by atoms with Gasteiger partial charge in [-0.05, 0) is 35.9 Å². The number of hydrogen-bond acceptors (Lipinski definition) is 6. The summed E-state index contributed by atoms with van der Waals surface area (Å²) in [6.07, 6.45) is 0.204. The third-order valence-electron chi connectivity index (χ3n) is 4.51. The molecule has 1 aliphatic rings. The minimum Gasteiger partial charge on any atom is -0.544 e. The summed E-state index contributed by atoms with van der Waals surface area (Å²) in [5, 5.41) is 32.7. The molecule has 0 unspecified atom stereocenters. The molecule has 0 spiro atoms. The van der Waals surface area contributed by atoms with Gasteiger partial charge >= 0.3 is 0 Å². The number of benzene rings is 2. The van der Waals surface area contributed by atoms with Gasteiger partial charge in [-0.25, -0.2) is 0 Å². The van der Waals surface area contributed by atoms with E-state index in [4.69, 9.17) is 9.47 Å². The van der Waals surface area contributed by atoms with Gasteiger partial charge in [-0.2, -0.15) is 0 Å². The van der Waals surface area contributed by atoms with Gasteiger partial charge in [0.05, 0.1) is 20.2 Å². The molecule has 0 saturated carbocycles. The van der Waals surface area contributed by atoms with Crippen LogP contribution in [0.2, 0.25) is 0 Å². The molecule has 0 aliphatic carbocycles. The third kappa shape index (κ3) is 3.06. The molecule has 1 heterocycles. The summed E-state index contributed by atoms with van der Waals surface area (Å²) in [6, 6.07) is 7.01. The van der Waals surface area contributed by atoms with Crippen molar-refractivity contribution < 1.29 is 34.9 Å². The number of carboxylic acid groups (broad SMARTS) is 1. The summed E-state index contributed by atoms with van der Waals surface area (Å²) >= 11 is 0. The number of nitrogens with two attached hydrogens (primary N) is 1. The Hall–Kier alpha value is -2.93. The molecular formula is C18H19NO6. The van der Waals surface area contributed by atoms with E-state index in [9.17, 15) is 20.1 Å². The van der Waals surface area contributed by atoms with Gasteiger partial charge < -0.3 is 34.9 Å². The van der Waals surface area contributed by atoms with E-state index in [-0.39, 0.29) is 17.9 Å². The van der Waals surface area contributed by atoms with E-state index in [1.54, 1.807) is 17.4 Å². The Labute approximate surface area is 144 Å². The largest absolute Gasteiger partial charge is 0.544 e. The van der Waals surface area contributed by atoms with Crippen molar-refractivity contribution in [3.63, 3.8) is 0 Å². The summed E-state index contributed by atoms with van der Waals surface area (Å²) in [5.41, 5.74) is 2.18. The summed E-state index contributed by atoms with van der Waals surface area (Å²) in [5.74, 6) is -0.613. The maximum atomic E-state index is 11.4. The first-order valence-corrected chi connectivity index (χ1v) is 7.77. The molecule has 3 rings (SSSR count). The molecule has 0 radical (unpaired) electrons. The van der Waals surface area contributed by atoms with Crippen LogP contribution in [0.25, 0.3) is 0 Å². The zero-order chi connectivity index (χ0) is 18.1. The Morgan fingerprint density at radius 2 is 1.80 bits per heavy atom. The molecule has 25 heavy (non-hydrogen) atoms. The standard InChI is InChI=1S/C18H19NO6/c1-24-15-4-3-9(7-16(15)25-2)17-11-8-14(21)13(20)6-10(11)5-12(19-17)18(22)23/h3-4,6-8,12,17,19-21H,5H2,1-2H3,(H,22,23)/t12-,17+/m0/s1. The fraction of sp³-hybridized carbons (Fsp3) is 0.278. The summed E-state index contributed by atoms with van der Waals surface area (Å²) in [6.45, 7) is 0. The Bertz CT molecular complexity index is 819. The highest BCUT2D eigenvalue weighted by molar-refractivity contribution is 5.70. The molecule has 2 aromatic rings. The number of ether oxygens (including phenoxy) is 2. The van der Waals surface area contributed by atoms with Gasteiger partial charge in [0.2, 0.25) is 0 Å². The van der Waals surface area contributed by atoms with Crippen LogP contribution in [0.3, 0.4) is 0 Å². The highest BCUT2D eigenvalue weighted by Crippen LogP contribution is 2.37. The monoisotopic (exact) mass is 345 g/mol. The molecule has 2 aromatic carbocycles. The van der Waals surface area contributed by atoms with Gasteiger partial charge in [-0.15, -0.1) is 0 Å². The number of methoxy groups -OCH3 is 2. The number of aliphatic carboxylic acids is 1. The molecule has 4 N–H and O–H groups in total. The van der Waals surface area contributed by atoms with Crippen molar-refractivity contribution in [2.24, 2.45) is 0 Å². The van der Waals surface area contributed by atoms with E-state index in [1.165, 1.54) is 26.4 Å². The molecule has 1 aliphatic heterocycles. The Balaban J connectivity index is 2.11. The first kappa shape index (κ1) is 16.9. The molecule has 0 bridgehead atoms. The average Bonchev–Trinajstić information content (AvgIpc) is 2.61. The lowest BCUT2D eigenvalue weighted by Gasteiger charge is -2.31. The number of carbonyl (C=O) groups excluding carboxylic acids is 1. The van der Waals surface area contributed by atoms with Crippen molar-refractivity contribution in [3.8, 4) is 23.0 Å². The smallest absolute Gasteiger partial charge is 0.161 e. The second-order valence-corrected chi connectivity index (χ2v) is 5.95. The molecule has 0 aromatic heterocycles. The van der Waals surface area contributed by atoms with E-state index in [1.807, 2.05) is 6.07 Å². The Morgan fingerprint density at radius 1 is 1.12 bits per heavy atom. The van der Waals surface area contributed by atoms with Crippen molar-refractivity contribution in [2.45, 2.75) is 18.5 Å². The van der Waals surface area contributed by atoms with Crippen LogP contribution in [0, 0.1) is 0 Å². The fourth-order valence-electron chi connectivity index (χ4n) is 3.24. The van der Waals surface area contributed by atoms with Gasteiger partial charge in [0.1, 0.15) is 12.1 Å². The van der Waals surface area contributed by atoms with Gasteiger partial charge in [0.25, 0.3) is 0 Å². The van der Waals surface area contributed by atoms with Gasteiger partial charge in [0, 0.05) is 17.5 Å². The van der Waals surface area contributed by atoms with Crippen molar-refractivity contribution in [3.05, 3.63) is 47.0 Å². The van der Waals surface area contributed by atoms with Crippen molar-refractivity contribution in [1.29, 1.82) is 0 Å². The lowest BCUT2D eigenvalue weighted by Crippen LogP contribution is -2.95. The SMILES string of the molecule is COc1ccc([C@H]2[NH2+][C@H](C(=O)[O-])Cc3cc(O)c(O)cc32)cc1OC. The quantitative estimate of drug-likeness (QED) is 0.640. The Kier molecular flexibility index (Phi) is 4.41. The van der Waals surface area contributed by atoms with Gasteiger partial charge in [0.15, 0.2) is 23.0 Å². The van der Waals surface area contributed by atoms with Crippen LogP contribution in [-0.2, 0) is 11.2 Å². The van der Waals surface area contributed by atoms with Crippen LogP contribution in [0.15, 0.2) is 30.3 Å². The zero-order valence-electron chi connectivity index (χ0n) is 13.9. The summed E-state index contributed by atoms with van der Waals surface area (Å²) in [4.78, 5) is 11.4. The van der Waals surface area contributed by atoms with Crippen molar-refractivity contribution in [1.82, 2.24) is 0 Å². The van der Waals surface area contributed by atoms with E-state index < -0.39 is 18.1 Å². The number of hydrogen-bond donors (Lipinski definition) is 3. The predicted octanol–water partition coefficient (Wildman–Crippen LogP) is -0.558. The molecule has 0 saturated heterocycles. The normalized spacial score (nSPS) is 19.1. The van der Waals surface area contributed by atoms with Gasteiger partial charge in [-0.3, -0.25) is 0 Å². The highest BCUT2D eigenvalue weighted by atomic mass is 16.5.